The molecule has 21 heavy (non-hydrogen) atoms. The molecule has 0 nitrogen and oxygen atoms in total. The van der Waals surface area contributed by atoms with Gasteiger partial charge in [-0.15, -0.1) is 0 Å². The molecular weight excluding hydrogens is 312 g/mol. The molecule has 0 radical (unpaired) electrons. The Balaban J connectivity index is 2.90. The second-order valence-corrected chi connectivity index (χ2v) is 10.4. The van der Waals surface area contributed by atoms with Crippen molar-refractivity contribution >= 4 is 31.4 Å². The molecule has 0 aromatic heterocycles. The summed E-state index contributed by atoms with van der Waals surface area (Å²) in [6, 6.07) is 0. The molecule has 0 heterocycles. The Morgan fingerprint density at radius 2 is 0.762 bits per heavy atom. The van der Waals surface area contributed by atoms with Gasteiger partial charge in [-0.2, -0.15) is 0 Å². The van der Waals surface area contributed by atoms with Crippen molar-refractivity contribution in [3.8, 4) is 0 Å². The average molecular weight is 351 g/mol. The topological polar surface area (TPSA) is 0 Å². The van der Waals surface area contributed by atoms with E-state index in [2.05, 4.69) is 35.4 Å². The van der Waals surface area contributed by atoms with Crippen LogP contribution in [0.2, 0.25) is 0 Å². The highest BCUT2D eigenvalue weighted by atomic mass is 33.5. The van der Waals surface area contributed by atoms with Crippen molar-refractivity contribution in [1.82, 2.24) is 0 Å². The van der Waals surface area contributed by atoms with Gasteiger partial charge in [0.2, 0.25) is 0 Å². The Bertz CT molecular complexity index is 156. The Morgan fingerprint density at radius 1 is 0.429 bits per heavy atom. The van der Waals surface area contributed by atoms with Crippen molar-refractivity contribution in [2.45, 2.75) is 104 Å². The number of hydrogen-bond acceptors (Lipinski definition) is 3. The van der Waals surface area contributed by atoms with Gasteiger partial charge >= 0.3 is 0 Å². The number of unbranched alkanes of at least 4 members (excludes halogenated alkanes) is 12. The van der Waals surface area contributed by atoms with E-state index in [-0.39, 0.29) is 0 Å². The zero-order valence-electron chi connectivity index (χ0n) is 14.5. The molecule has 0 aliphatic rings. The van der Waals surface area contributed by atoms with E-state index in [0.717, 1.165) is 0 Å². The fourth-order valence-electron chi connectivity index (χ4n) is 2.34. The molecule has 0 unspecified atom stereocenters. The summed E-state index contributed by atoms with van der Waals surface area (Å²) in [4.78, 5) is 0. The third-order valence-electron chi connectivity index (χ3n) is 3.76. The Hall–Kier alpha value is 1.05. The third kappa shape index (κ3) is 21.1. The molecular formula is C18H38S3. The van der Waals surface area contributed by atoms with Crippen molar-refractivity contribution in [3.63, 3.8) is 0 Å². The standard InChI is InChI=1S/C18H38S3/c1-3-5-7-9-11-13-15-17-19-21-20-18-16-14-12-10-8-6-4-2/h3-18H2,1-2H3. The second-order valence-electron chi connectivity index (χ2n) is 5.95. The fraction of sp³-hybridized carbons (Fsp3) is 1.00. The molecule has 0 bridgehead atoms. The number of hydrogen-bond donors (Lipinski definition) is 0. The lowest BCUT2D eigenvalue weighted by Gasteiger charge is -2.02. The van der Waals surface area contributed by atoms with Gasteiger partial charge in [-0.1, -0.05) is 112 Å². The highest BCUT2D eigenvalue weighted by molar-refractivity contribution is 9.09. The molecule has 3 heteroatoms. The normalized spacial score (nSPS) is 11.1. The molecule has 0 atom stereocenters. The smallest absolute Gasteiger partial charge is 0.00451 e. The zero-order chi connectivity index (χ0) is 15.4. The molecule has 0 spiro atoms. The van der Waals surface area contributed by atoms with Gasteiger partial charge in [0.05, 0.1) is 0 Å². The first kappa shape index (κ1) is 22.1. The van der Waals surface area contributed by atoms with Crippen LogP contribution in [0.25, 0.3) is 0 Å². The van der Waals surface area contributed by atoms with E-state index < -0.39 is 0 Å². The highest BCUT2D eigenvalue weighted by Crippen LogP contribution is 2.35. The zero-order valence-corrected chi connectivity index (χ0v) is 17.0. The maximum absolute atomic E-state index is 2.29. The minimum atomic E-state index is 1.35. The molecule has 0 fully saturated rings. The summed E-state index contributed by atoms with van der Waals surface area (Å²) in [5.41, 5.74) is 0. The molecule has 0 aliphatic heterocycles. The summed E-state index contributed by atoms with van der Waals surface area (Å²) < 4.78 is 0. The lowest BCUT2D eigenvalue weighted by molar-refractivity contribution is 0.604. The summed E-state index contributed by atoms with van der Waals surface area (Å²) in [5.74, 6) is 2.70. The van der Waals surface area contributed by atoms with Crippen LogP contribution >= 0.6 is 31.4 Å². The van der Waals surface area contributed by atoms with Gasteiger partial charge in [0, 0.05) is 11.5 Å². The van der Waals surface area contributed by atoms with E-state index in [0.29, 0.717) is 0 Å². The molecule has 0 aromatic carbocycles. The van der Waals surface area contributed by atoms with Gasteiger partial charge in [-0.25, -0.2) is 0 Å². The summed E-state index contributed by atoms with van der Waals surface area (Å²) in [5, 5.41) is 0. The van der Waals surface area contributed by atoms with E-state index in [1.807, 2.05) is 9.83 Å². The molecule has 0 amide bonds. The van der Waals surface area contributed by atoms with Gasteiger partial charge in [0.15, 0.2) is 0 Å². The van der Waals surface area contributed by atoms with Crippen LogP contribution in [0.15, 0.2) is 0 Å². The Morgan fingerprint density at radius 3 is 1.14 bits per heavy atom. The Kier molecular flexibility index (Phi) is 22.1. The molecule has 0 rings (SSSR count). The van der Waals surface area contributed by atoms with Gasteiger partial charge in [-0.05, 0) is 22.7 Å². The first-order valence-electron chi connectivity index (χ1n) is 9.32. The van der Waals surface area contributed by atoms with Crippen LogP contribution in [0.3, 0.4) is 0 Å². The van der Waals surface area contributed by atoms with E-state index in [1.165, 1.54) is 101 Å². The summed E-state index contributed by atoms with van der Waals surface area (Å²) in [7, 11) is 6.18. The number of rotatable bonds is 18. The van der Waals surface area contributed by atoms with Gasteiger partial charge in [0.25, 0.3) is 0 Å². The summed E-state index contributed by atoms with van der Waals surface area (Å²) in [6.45, 7) is 4.58. The van der Waals surface area contributed by atoms with E-state index in [9.17, 15) is 0 Å². The van der Waals surface area contributed by atoms with Crippen molar-refractivity contribution < 1.29 is 0 Å². The van der Waals surface area contributed by atoms with Crippen LogP contribution in [0.1, 0.15) is 104 Å². The average Bonchev–Trinajstić information content (AvgIpc) is 2.50. The summed E-state index contributed by atoms with van der Waals surface area (Å²) >= 11 is 0. The largest absolute Gasteiger partial charge is 0.0826 e. The van der Waals surface area contributed by atoms with Crippen LogP contribution in [-0.2, 0) is 0 Å². The van der Waals surface area contributed by atoms with Gasteiger partial charge in [0.1, 0.15) is 0 Å². The quantitative estimate of drug-likeness (QED) is 0.179. The predicted octanol–water partition coefficient (Wildman–Crippen LogP) is 8.52. The van der Waals surface area contributed by atoms with Crippen LogP contribution in [0, 0.1) is 0 Å². The van der Waals surface area contributed by atoms with Crippen LogP contribution < -0.4 is 0 Å². The minimum absolute atomic E-state index is 1.35. The summed E-state index contributed by atoms with van der Waals surface area (Å²) in [6.07, 6.45) is 20.0. The second kappa shape index (κ2) is 21.0. The first-order valence-corrected chi connectivity index (χ1v) is 13.1. The van der Waals surface area contributed by atoms with Gasteiger partial charge < -0.3 is 0 Å². The SMILES string of the molecule is CCCCCCCCCSSSCCCCCCCCC. The monoisotopic (exact) mass is 350 g/mol. The molecule has 0 saturated heterocycles. The van der Waals surface area contributed by atoms with Gasteiger partial charge in [-0.3, -0.25) is 0 Å². The van der Waals surface area contributed by atoms with Crippen molar-refractivity contribution in [1.29, 1.82) is 0 Å². The molecule has 0 aliphatic carbocycles. The predicted molar refractivity (Wildman–Crippen MR) is 108 cm³/mol. The van der Waals surface area contributed by atoms with Crippen LogP contribution in [0.4, 0.5) is 0 Å². The molecule has 0 aromatic rings. The highest BCUT2D eigenvalue weighted by Gasteiger charge is 1.95. The third-order valence-corrected chi connectivity index (χ3v) is 8.17. The maximum atomic E-state index is 2.29. The van der Waals surface area contributed by atoms with Crippen LogP contribution in [-0.4, -0.2) is 11.5 Å². The minimum Gasteiger partial charge on any atom is -0.0826 e. The van der Waals surface area contributed by atoms with E-state index in [4.69, 9.17) is 0 Å². The molecule has 0 saturated carbocycles. The van der Waals surface area contributed by atoms with E-state index in [1.54, 1.807) is 0 Å². The van der Waals surface area contributed by atoms with Crippen molar-refractivity contribution in [2.24, 2.45) is 0 Å². The lowest BCUT2D eigenvalue weighted by Crippen LogP contribution is -1.82. The fourth-order valence-corrected chi connectivity index (χ4v) is 6.34. The van der Waals surface area contributed by atoms with Crippen molar-refractivity contribution in [2.75, 3.05) is 11.5 Å². The van der Waals surface area contributed by atoms with Crippen LogP contribution in [0.5, 0.6) is 0 Å². The molecule has 0 N–H and O–H groups in total. The van der Waals surface area contributed by atoms with E-state index >= 15 is 0 Å². The van der Waals surface area contributed by atoms with Crippen molar-refractivity contribution in [3.05, 3.63) is 0 Å². The molecule has 128 valence electrons. The first-order chi connectivity index (χ1) is 10.4. The Labute approximate surface area is 146 Å². The lowest BCUT2D eigenvalue weighted by atomic mass is 10.1. The maximum Gasteiger partial charge on any atom is 0.00451 e.